The van der Waals surface area contributed by atoms with Crippen molar-refractivity contribution in [3.63, 3.8) is 0 Å². The van der Waals surface area contributed by atoms with E-state index >= 15 is 0 Å². The summed E-state index contributed by atoms with van der Waals surface area (Å²) in [6.07, 6.45) is 2.16. The number of carbonyl (C=O) groups is 1. The van der Waals surface area contributed by atoms with E-state index in [-0.39, 0.29) is 11.9 Å². The molecule has 1 amide bonds. The van der Waals surface area contributed by atoms with Gasteiger partial charge in [-0.2, -0.15) is 0 Å². The van der Waals surface area contributed by atoms with Crippen molar-refractivity contribution in [1.82, 2.24) is 14.7 Å². The molecular formula is C30H42N4O3. The molecule has 0 saturated carbocycles. The number of amides is 1. The van der Waals surface area contributed by atoms with Crippen molar-refractivity contribution < 1.29 is 14.3 Å². The number of hydrogen-bond donors (Lipinski definition) is 0. The van der Waals surface area contributed by atoms with E-state index in [2.05, 4.69) is 57.7 Å². The molecule has 200 valence electrons. The Morgan fingerprint density at radius 2 is 1.54 bits per heavy atom. The number of hydrogen-bond acceptors (Lipinski definition) is 6. The molecule has 1 atom stereocenters. The van der Waals surface area contributed by atoms with Crippen LogP contribution in [0, 0.1) is 5.92 Å². The number of piperidine rings is 1. The van der Waals surface area contributed by atoms with E-state index in [0.29, 0.717) is 12.5 Å². The van der Waals surface area contributed by atoms with Gasteiger partial charge >= 0.3 is 0 Å². The molecule has 2 saturated heterocycles. The molecule has 3 aliphatic heterocycles. The fourth-order valence-electron chi connectivity index (χ4n) is 6.49. The highest BCUT2D eigenvalue weighted by Gasteiger charge is 2.40. The van der Waals surface area contributed by atoms with E-state index in [1.54, 1.807) is 14.2 Å². The van der Waals surface area contributed by atoms with E-state index in [1.807, 2.05) is 12.1 Å². The molecule has 0 bridgehead atoms. The molecule has 0 aliphatic carbocycles. The fraction of sp³-hybridized carbons (Fsp3) is 0.567. The number of benzene rings is 2. The first-order valence-electron chi connectivity index (χ1n) is 13.9. The maximum absolute atomic E-state index is 14.0. The predicted octanol–water partition coefficient (Wildman–Crippen LogP) is 4.27. The second-order valence-corrected chi connectivity index (χ2v) is 10.5. The Balaban J connectivity index is 1.47. The van der Waals surface area contributed by atoms with Gasteiger partial charge in [-0.15, -0.1) is 0 Å². The minimum atomic E-state index is 0.00324. The number of carbonyl (C=O) groups excluding carboxylic acids is 1. The zero-order valence-corrected chi connectivity index (χ0v) is 22.9. The van der Waals surface area contributed by atoms with Crippen molar-refractivity contribution in [2.24, 2.45) is 5.92 Å². The van der Waals surface area contributed by atoms with Gasteiger partial charge in [-0.3, -0.25) is 4.79 Å². The van der Waals surface area contributed by atoms with Gasteiger partial charge in [0.05, 0.1) is 20.3 Å². The Kier molecular flexibility index (Phi) is 7.91. The van der Waals surface area contributed by atoms with Crippen molar-refractivity contribution in [3.05, 3.63) is 53.1 Å². The molecule has 7 heteroatoms. The summed E-state index contributed by atoms with van der Waals surface area (Å²) in [6.45, 7) is 13.6. The Morgan fingerprint density at radius 1 is 0.865 bits per heavy atom. The number of likely N-dealkylation sites (tertiary alicyclic amines) is 1. The van der Waals surface area contributed by atoms with Crippen LogP contribution in [0.3, 0.4) is 0 Å². The first-order chi connectivity index (χ1) is 18.1. The SMILES string of the molecule is CCN1CCC(C(c2ccc(OC)c(OC)c2)N2Cc3c(cccc3N3CCN(CC)CC3)C2=O)CC1. The van der Waals surface area contributed by atoms with Crippen LogP contribution in [-0.2, 0) is 6.54 Å². The van der Waals surface area contributed by atoms with Crippen LogP contribution in [0.1, 0.15) is 54.2 Å². The normalized spacial score (nSPS) is 20.3. The average molecular weight is 507 g/mol. The maximum Gasteiger partial charge on any atom is 0.255 e. The van der Waals surface area contributed by atoms with Crippen molar-refractivity contribution >= 4 is 11.6 Å². The number of piperazine rings is 1. The van der Waals surface area contributed by atoms with Gasteiger partial charge in [0.2, 0.25) is 0 Å². The van der Waals surface area contributed by atoms with Gasteiger partial charge < -0.3 is 29.1 Å². The van der Waals surface area contributed by atoms with E-state index < -0.39 is 0 Å². The number of nitrogens with zero attached hydrogens (tertiary/aromatic N) is 4. The monoisotopic (exact) mass is 506 g/mol. The van der Waals surface area contributed by atoms with Gasteiger partial charge in [0.25, 0.3) is 5.91 Å². The van der Waals surface area contributed by atoms with Crippen LogP contribution in [0.25, 0.3) is 0 Å². The van der Waals surface area contributed by atoms with E-state index in [9.17, 15) is 4.79 Å². The molecule has 2 fully saturated rings. The third-order valence-corrected chi connectivity index (χ3v) is 8.74. The van der Waals surface area contributed by atoms with E-state index in [1.165, 1.54) is 11.3 Å². The first kappa shape index (κ1) is 25.9. The van der Waals surface area contributed by atoms with Gasteiger partial charge in [0, 0.05) is 49.5 Å². The third-order valence-electron chi connectivity index (χ3n) is 8.74. The Hall–Kier alpha value is -2.77. The van der Waals surface area contributed by atoms with Gasteiger partial charge in [0.15, 0.2) is 11.5 Å². The van der Waals surface area contributed by atoms with Crippen molar-refractivity contribution in [2.75, 3.05) is 71.5 Å². The predicted molar refractivity (Wildman–Crippen MR) is 148 cm³/mol. The van der Waals surface area contributed by atoms with E-state index in [0.717, 1.165) is 87.8 Å². The van der Waals surface area contributed by atoms with Gasteiger partial charge in [-0.05, 0) is 74.8 Å². The minimum absolute atomic E-state index is 0.00324. The van der Waals surface area contributed by atoms with Gasteiger partial charge in [0.1, 0.15) is 0 Å². The highest BCUT2D eigenvalue weighted by molar-refractivity contribution is 6.00. The van der Waals surface area contributed by atoms with Gasteiger partial charge in [-0.25, -0.2) is 0 Å². The topological polar surface area (TPSA) is 48.5 Å². The molecule has 3 aliphatic rings. The van der Waals surface area contributed by atoms with Crippen molar-refractivity contribution in [2.45, 2.75) is 39.3 Å². The molecule has 0 N–H and O–H groups in total. The fourth-order valence-corrected chi connectivity index (χ4v) is 6.49. The smallest absolute Gasteiger partial charge is 0.255 e. The number of likely N-dealkylation sites (N-methyl/N-ethyl adjacent to an activating group) is 1. The number of fused-ring (bicyclic) bond motifs is 1. The standard InChI is InChI=1S/C30H42N4O3/c1-5-31-14-12-22(13-15-31)29(23-10-11-27(36-3)28(20-23)37-4)34-21-25-24(30(34)35)8-7-9-26(25)33-18-16-32(6-2)17-19-33/h7-11,20,22,29H,5-6,12-19,21H2,1-4H3. The summed E-state index contributed by atoms with van der Waals surface area (Å²) in [7, 11) is 3.34. The lowest BCUT2D eigenvalue weighted by Crippen LogP contribution is -2.46. The summed E-state index contributed by atoms with van der Waals surface area (Å²) < 4.78 is 11.2. The van der Waals surface area contributed by atoms with Crippen molar-refractivity contribution in [1.29, 1.82) is 0 Å². The number of rotatable bonds is 8. The Morgan fingerprint density at radius 3 is 2.19 bits per heavy atom. The number of methoxy groups -OCH3 is 2. The average Bonchev–Trinajstić information content (AvgIpc) is 3.29. The Bertz CT molecular complexity index is 1090. The summed E-state index contributed by atoms with van der Waals surface area (Å²) in [4.78, 5) is 23.6. The van der Waals surface area contributed by atoms with Gasteiger partial charge in [-0.1, -0.05) is 26.0 Å². The molecule has 0 aromatic heterocycles. The molecule has 2 aromatic rings. The molecule has 5 rings (SSSR count). The summed E-state index contributed by atoms with van der Waals surface area (Å²) in [5.41, 5.74) is 4.42. The Labute approximate surface area is 221 Å². The molecule has 0 radical (unpaired) electrons. The second-order valence-electron chi connectivity index (χ2n) is 10.5. The van der Waals surface area contributed by atoms with Crippen LogP contribution < -0.4 is 14.4 Å². The minimum Gasteiger partial charge on any atom is -0.493 e. The van der Waals surface area contributed by atoms with Crippen molar-refractivity contribution in [3.8, 4) is 11.5 Å². The highest BCUT2D eigenvalue weighted by atomic mass is 16.5. The lowest BCUT2D eigenvalue weighted by molar-refractivity contribution is 0.0537. The second kappa shape index (κ2) is 11.3. The van der Waals surface area contributed by atoms with E-state index in [4.69, 9.17) is 9.47 Å². The lowest BCUT2D eigenvalue weighted by Gasteiger charge is -2.40. The molecular weight excluding hydrogens is 464 g/mol. The van der Waals surface area contributed by atoms with Crippen LogP contribution in [0.4, 0.5) is 5.69 Å². The molecule has 7 nitrogen and oxygen atoms in total. The van der Waals surface area contributed by atoms with Crippen LogP contribution in [0.2, 0.25) is 0 Å². The number of ether oxygens (including phenoxy) is 2. The zero-order chi connectivity index (χ0) is 25.9. The molecule has 0 spiro atoms. The lowest BCUT2D eigenvalue weighted by atomic mass is 9.84. The molecule has 2 aromatic carbocycles. The summed E-state index contributed by atoms with van der Waals surface area (Å²) in [5.74, 6) is 1.99. The maximum atomic E-state index is 14.0. The van der Waals surface area contributed by atoms with Crippen LogP contribution >= 0.6 is 0 Å². The molecule has 1 unspecified atom stereocenters. The first-order valence-corrected chi connectivity index (χ1v) is 13.9. The largest absolute Gasteiger partial charge is 0.493 e. The number of anilines is 1. The van der Waals surface area contributed by atoms with Crippen LogP contribution in [0.5, 0.6) is 11.5 Å². The highest BCUT2D eigenvalue weighted by Crippen LogP contribution is 2.44. The zero-order valence-electron chi connectivity index (χ0n) is 22.9. The third kappa shape index (κ3) is 5.04. The summed E-state index contributed by atoms with van der Waals surface area (Å²) >= 11 is 0. The summed E-state index contributed by atoms with van der Waals surface area (Å²) in [6, 6.07) is 12.5. The van der Waals surface area contributed by atoms with Crippen LogP contribution in [0.15, 0.2) is 36.4 Å². The quantitative estimate of drug-likeness (QED) is 0.533. The van der Waals surface area contributed by atoms with Crippen LogP contribution in [-0.4, -0.2) is 87.2 Å². The molecule has 3 heterocycles. The summed E-state index contributed by atoms with van der Waals surface area (Å²) in [5, 5.41) is 0. The molecule has 37 heavy (non-hydrogen) atoms.